The molecule has 0 aliphatic heterocycles. The molecule has 0 amide bonds. The van der Waals surface area contributed by atoms with Gasteiger partial charge in [0.2, 0.25) is 0 Å². The number of benzene rings is 1. The van der Waals surface area contributed by atoms with Crippen LogP contribution in [-0.2, 0) is 0 Å². The molecule has 2 atom stereocenters. The lowest BCUT2D eigenvalue weighted by molar-refractivity contribution is 0.471. The molecule has 5 heteroatoms. The third-order valence-corrected chi connectivity index (χ3v) is 4.82. The van der Waals surface area contributed by atoms with Crippen molar-refractivity contribution in [3.63, 3.8) is 0 Å². The van der Waals surface area contributed by atoms with Crippen LogP contribution < -0.4 is 11.1 Å². The monoisotopic (exact) mass is 288 g/mol. The summed E-state index contributed by atoms with van der Waals surface area (Å²) in [4.78, 5) is 0. The number of halogens is 2. The summed E-state index contributed by atoms with van der Waals surface area (Å²) in [7, 11) is 0. The number of anilines is 2. The molecule has 2 nitrogen and oxygen atoms in total. The smallest absolute Gasteiger partial charge is 0.166 e. The van der Waals surface area contributed by atoms with Crippen molar-refractivity contribution in [2.24, 2.45) is 0 Å². The molecule has 1 aromatic carbocycles. The fourth-order valence-electron chi connectivity index (χ4n) is 2.41. The molecule has 1 fully saturated rings. The van der Waals surface area contributed by atoms with Crippen LogP contribution in [0.3, 0.4) is 0 Å². The Morgan fingerprint density at radius 2 is 2.22 bits per heavy atom. The summed E-state index contributed by atoms with van der Waals surface area (Å²) in [6.07, 6.45) is 6.65. The van der Waals surface area contributed by atoms with Crippen LogP contribution in [0.1, 0.15) is 25.7 Å². The topological polar surface area (TPSA) is 38.0 Å². The Morgan fingerprint density at radius 1 is 1.44 bits per heavy atom. The first-order valence-electron chi connectivity index (χ1n) is 6.14. The van der Waals surface area contributed by atoms with Crippen molar-refractivity contribution >= 4 is 34.7 Å². The van der Waals surface area contributed by atoms with Crippen molar-refractivity contribution < 1.29 is 4.39 Å². The van der Waals surface area contributed by atoms with Gasteiger partial charge in [-0.25, -0.2) is 4.39 Å². The maximum absolute atomic E-state index is 13.9. The van der Waals surface area contributed by atoms with E-state index in [-0.39, 0.29) is 11.1 Å². The van der Waals surface area contributed by atoms with E-state index in [2.05, 4.69) is 11.6 Å². The van der Waals surface area contributed by atoms with Gasteiger partial charge in [-0.3, -0.25) is 0 Å². The molecular formula is C13H18ClFN2S. The molecule has 2 unspecified atom stereocenters. The quantitative estimate of drug-likeness (QED) is 0.821. The molecule has 1 aliphatic rings. The number of hydrogen-bond donors (Lipinski definition) is 2. The van der Waals surface area contributed by atoms with Crippen LogP contribution in [0, 0.1) is 5.82 Å². The second kappa shape index (κ2) is 6.02. The Balaban J connectivity index is 2.11. The van der Waals surface area contributed by atoms with Gasteiger partial charge in [0, 0.05) is 11.3 Å². The lowest BCUT2D eigenvalue weighted by Crippen LogP contribution is -2.29. The first-order valence-corrected chi connectivity index (χ1v) is 7.81. The summed E-state index contributed by atoms with van der Waals surface area (Å²) in [6.45, 7) is 0. The molecule has 100 valence electrons. The number of nitrogens with one attached hydrogen (secondary N) is 1. The molecule has 1 aromatic rings. The summed E-state index contributed by atoms with van der Waals surface area (Å²) >= 11 is 7.67. The first-order chi connectivity index (χ1) is 8.61. The van der Waals surface area contributed by atoms with Crippen molar-refractivity contribution in [2.45, 2.75) is 37.0 Å². The predicted octanol–water partition coefficient (Wildman–Crippen LogP) is 4.15. The minimum absolute atomic E-state index is 0.115. The fourth-order valence-corrected chi connectivity index (χ4v) is 3.39. The Bertz CT molecular complexity index is 428. The molecule has 0 saturated heterocycles. The van der Waals surface area contributed by atoms with Gasteiger partial charge in [-0.05, 0) is 37.7 Å². The van der Waals surface area contributed by atoms with Gasteiger partial charge in [0.15, 0.2) is 5.82 Å². The third kappa shape index (κ3) is 3.04. The molecule has 0 radical (unpaired) electrons. The molecular weight excluding hydrogens is 271 g/mol. The van der Waals surface area contributed by atoms with Gasteiger partial charge in [-0.15, -0.1) is 0 Å². The van der Waals surface area contributed by atoms with Crippen LogP contribution in [0.5, 0.6) is 0 Å². The van der Waals surface area contributed by atoms with Crippen molar-refractivity contribution in [1.82, 2.24) is 0 Å². The van der Waals surface area contributed by atoms with E-state index in [1.54, 1.807) is 6.07 Å². The average molecular weight is 289 g/mol. The minimum Gasteiger partial charge on any atom is -0.397 e. The fraction of sp³-hybridized carbons (Fsp3) is 0.538. The Labute approximate surface area is 116 Å². The molecule has 1 aliphatic carbocycles. The maximum atomic E-state index is 13.9. The van der Waals surface area contributed by atoms with Gasteiger partial charge in [-0.1, -0.05) is 18.0 Å². The van der Waals surface area contributed by atoms with Crippen molar-refractivity contribution in [2.75, 3.05) is 17.3 Å². The van der Waals surface area contributed by atoms with E-state index in [1.165, 1.54) is 18.9 Å². The van der Waals surface area contributed by atoms with E-state index < -0.39 is 5.82 Å². The molecule has 2 rings (SSSR count). The molecule has 1 saturated carbocycles. The van der Waals surface area contributed by atoms with E-state index in [1.807, 2.05) is 11.8 Å². The van der Waals surface area contributed by atoms with Gasteiger partial charge >= 0.3 is 0 Å². The Kier molecular flexibility index (Phi) is 4.62. The van der Waals surface area contributed by atoms with Crippen LogP contribution in [0.15, 0.2) is 12.1 Å². The zero-order chi connectivity index (χ0) is 13.1. The van der Waals surface area contributed by atoms with E-state index in [9.17, 15) is 4.39 Å². The maximum Gasteiger partial charge on any atom is 0.166 e. The van der Waals surface area contributed by atoms with Crippen LogP contribution in [0.4, 0.5) is 15.8 Å². The van der Waals surface area contributed by atoms with Crippen molar-refractivity contribution in [3.05, 3.63) is 23.0 Å². The number of nitrogens with two attached hydrogens (primary N) is 1. The highest BCUT2D eigenvalue weighted by Gasteiger charge is 2.23. The van der Waals surface area contributed by atoms with Gasteiger partial charge in [0.05, 0.1) is 16.4 Å². The lowest BCUT2D eigenvalue weighted by Gasteiger charge is -2.30. The summed E-state index contributed by atoms with van der Waals surface area (Å²) in [5.41, 5.74) is 6.58. The van der Waals surface area contributed by atoms with Crippen LogP contribution >= 0.6 is 23.4 Å². The summed E-state index contributed by atoms with van der Waals surface area (Å²) in [5.74, 6) is -0.442. The van der Waals surface area contributed by atoms with Crippen LogP contribution in [-0.4, -0.2) is 17.5 Å². The summed E-state index contributed by atoms with van der Waals surface area (Å²) < 4.78 is 13.9. The van der Waals surface area contributed by atoms with Gasteiger partial charge in [0.25, 0.3) is 0 Å². The zero-order valence-corrected chi connectivity index (χ0v) is 12.0. The van der Waals surface area contributed by atoms with E-state index in [0.717, 1.165) is 12.8 Å². The second-order valence-corrected chi connectivity index (χ2v) is 6.24. The minimum atomic E-state index is -0.442. The predicted molar refractivity (Wildman–Crippen MR) is 79.0 cm³/mol. The molecule has 0 aromatic heterocycles. The number of rotatable bonds is 3. The molecule has 0 heterocycles. The average Bonchev–Trinajstić information content (AvgIpc) is 2.39. The standard InChI is InChI=1S/C13H18ClFN2S/c1-18-9-4-2-3-8(7-9)17-13-11(16)6-5-10(14)12(13)15/h5-6,8-9,17H,2-4,7,16H2,1H3. The number of nitrogen functional groups attached to an aromatic ring is 1. The second-order valence-electron chi connectivity index (χ2n) is 4.69. The zero-order valence-electron chi connectivity index (χ0n) is 10.4. The van der Waals surface area contributed by atoms with Gasteiger partial charge in [-0.2, -0.15) is 11.8 Å². The summed E-state index contributed by atoms with van der Waals surface area (Å²) in [6, 6.07) is 3.41. The highest BCUT2D eigenvalue weighted by Crippen LogP contribution is 2.33. The van der Waals surface area contributed by atoms with E-state index >= 15 is 0 Å². The van der Waals surface area contributed by atoms with Crippen molar-refractivity contribution in [3.8, 4) is 0 Å². The highest BCUT2D eigenvalue weighted by atomic mass is 35.5. The van der Waals surface area contributed by atoms with Crippen LogP contribution in [0.25, 0.3) is 0 Å². The first kappa shape index (κ1) is 13.8. The molecule has 18 heavy (non-hydrogen) atoms. The van der Waals surface area contributed by atoms with E-state index in [0.29, 0.717) is 16.6 Å². The highest BCUT2D eigenvalue weighted by molar-refractivity contribution is 7.99. The molecule has 0 spiro atoms. The third-order valence-electron chi connectivity index (χ3n) is 3.43. The van der Waals surface area contributed by atoms with Crippen LogP contribution in [0.2, 0.25) is 5.02 Å². The number of thioether (sulfide) groups is 1. The van der Waals surface area contributed by atoms with Gasteiger partial charge < -0.3 is 11.1 Å². The Morgan fingerprint density at radius 3 is 2.94 bits per heavy atom. The number of hydrogen-bond acceptors (Lipinski definition) is 3. The van der Waals surface area contributed by atoms with Gasteiger partial charge in [0.1, 0.15) is 0 Å². The largest absolute Gasteiger partial charge is 0.397 e. The van der Waals surface area contributed by atoms with E-state index in [4.69, 9.17) is 17.3 Å². The van der Waals surface area contributed by atoms with Crippen molar-refractivity contribution in [1.29, 1.82) is 0 Å². The SMILES string of the molecule is CSC1CCCC(Nc2c(N)ccc(Cl)c2F)C1. The normalized spacial score (nSPS) is 23.9. The Hall–Kier alpha value is -0.610. The molecule has 0 bridgehead atoms. The molecule has 3 N–H and O–H groups in total. The lowest BCUT2D eigenvalue weighted by atomic mass is 9.94. The summed E-state index contributed by atoms with van der Waals surface area (Å²) in [5, 5.41) is 3.99.